The number of carbonyl (C=O) groups excluding carboxylic acids is 1. The molecule has 2 fully saturated rings. The molecule has 37 heavy (non-hydrogen) atoms. The summed E-state index contributed by atoms with van der Waals surface area (Å²) in [5.41, 5.74) is -0.900. The van der Waals surface area contributed by atoms with Gasteiger partial charge < -0.3 is 25.5 Å². The van der Waals surface area contributed by atoms with Gasteiger partial charge in [-0.25, -0.2) is 0 Å². The average Bonchev–Trinajstić information content (AvgIpc) is 2.99. The van der Waals surface area contributed by atoms with Gasteiger partial charge in [-0.1, -0.05) is 48.5 Å². The van der Waals surface area contributed by atoms with Crippen LogP contribution in [0.4, 0.5) is 0 Å². The number of carboxylic acids is 1. The summed E-state index contributed by atoms with van der Waals surface area (Å²) in [6.45, 7) is 13.9. The van der Waals surface area contributed by atoms with E-state index in [0.717, 1.165) is 0 Å². The van der Waals surface area contributed by atoms with Crippen molar-refractivity contribution in [1.29, 1.82) is 0 Å². The SMILES string of the molecule is CC(CC(O)CC(C)C1CC(O)C2(C)C3=C(C(=O)CC12C)C1(C)CCC(O)C(C)(C)C1CC3O)C(=O)O. The number of aliphatic carboxylic acids is 1. The summed E-state index contributed by atoms with van der Waals surface area (Å²) in [5.74, 6) is -1.70. The summed E-state index contributed by atoms with van der Waals surface area (Å²) in [5, 5.41) is 54.0. The van der Waals surface area contributed by atoms with Crippen LogP contribution in [0.2, 0.25) is 0 Å². The third-order valence-corrected chi connectivity index (χ3v) is 12.0. The number of carbonyl (C=O) groups is 2. The molecule has 7 nitrogen and oxygen atoms in total. The first-order chi connectivity index (χ1) is 16.9. The summed E-state index contributed by atoms with van der Waals surface area (Å²) in [6.07, 6.45) is 0.163. The van der Waals surface area contributed by atoms with E-state index in [1.165, 1.54) is 0 Å². The fraction of sp³-hybridized carbons (Fsp3) is 0.867. The van der Waals surface area contributed by atoms with Crippen LogP contribution < -0.4 is 0 Å². The zero-order chi connectivity index (χ0) is 27.9. The molecule has 4 rings (SSSR count). The number of carboxylic acid groups (broad SMARTS) is 1. The first-order valence-corrected chi connectivity index (χ1v) is 14.2. The molecule has 0 amide bonds. The largest absolute Gasteiger partial charge is 0.481 e. The fourth-order valence-electron chi connectivity index (χ4n) is 9.57. The highest BCUT2D eigenvalue weighted by molar-refractivity contribution is 6.00. The summed E-state index contributed by atoms with van der Waals surface area (Å²) in [6, 6.07) is 0. The Morgan fingerprint density at radius 3 is 2.22 bits per heavy atom. The van der Waals surface area contributed by atoms with Gasteiger partial charge in [0.15, 0.2) is 5.78 Å². The molecule has 0 heterocycles. The lowest BCUT2D eigenvalue weighted by atomic mass is 9.42. The van der Waals surface area contributed by atoms with Gasteiger partial charge in [0.25, 0.3) is 0 Å². The number of aliphatic hydroxyl groups excluding tert-OH is 4. The Kier molecular flexibility index (Phi) is 7.10. The Hall–Kier alpha value is -1.28. The van der Waals surface area contributed by atoms with Crippen LogP contribution in [0.5, 0.6) is 0 Å². The minimum atomic E-state index is -0.934. The molecule has 0 radical (unpaired) electrons. The molecule has 11 atom stereocenters. The van der Waals surface area contributed by atoms with Crippen molar-refractivity contribution in [2.45, 2.75) is 118 Å². The predicted molar refractivity (Wildman–Crippen MR) is 139 cm³/mol. The Balaban J connectivity index is 1.73. The number of hydrogen-bond donors (Lipinski definition) is 5. The average molecular weight is 521 g/mol. The Labute approximate surface area is 221 Å². The lowest BCUT2D eigenvalue weighted by Crippen LogP contribution is -2.61. The van der Waals surface area contributed by atoms with Crippen LogP contribution in [-0.2, 0) is 9.59 Å². The smallest absolute Gasteiger partial charge is 0.306 e. The van der Waals surface area contributed by atoms with Gasteiger partial charge in [-0.05, 0) is 78.1 Å². The molecule has 11 unspecified atom stereocenters. The standard InChI is InChI=1S/C30H48O7/c1-15(10-17(31)11-16(2)26(36)37)18-12-23(35)30(7)25-19(32)13-21-27(3,4)22(34)8-9-28(21,5)24(25)20(33)14-29(18,30)6/h15-19,21-23,31-32,34-35H,8-14H2,1-7H3,(H,36,37). The summed E-state index contributed by atoms with van der Waals surface area (Å²) >= 11 is 0. The number of Topliss-reactive ketones (excluding diaryl/α,β-unsaturated/α-hetero) is 1. The van der Waals surface area contributed by atoms with E-state index in [4.69, 9.17) is 0 Å². The molecule has 0 aliphatic heterocycles. The third kappa shape index (κ3) is 3.97. The minimum Gasteiger partial charge on any atom is -0.481 e. The third-order valence-electron chi connectivity index (χ3n) is 12.0. The predicted octanol–water partition coefficient (Wildman–Crippen LogP) is 3.72. The zero-order valence-electron chi connectivity index (χ0n) is 23.6. The maximum Gasteiger partial charge on any atom is 0.306 e. The van der Waals surface area contributed by atoms with E-state index in [0.29, 0.717) is 43.3 Å². The molecular weight excluding hydrogens is 472 g/mol. The fourth-order valence-corrected chi connectivity index (χ4v) is 9.57. The monoisotopic (exact) mass is 520 g/mol. The van der Waals surface area contributed by atoms with Crippen LogP contribution in [0, 0.1) is 45.3 Å². The second-order valence-electron chi connectivity index (χ2n) is 14.3. The molecule has 4 aliphatic rings. The van der Waals surface area contributed by atoms with Gasteiger partial charge in [0, 0.05) is 17.4 Å². The van der Waals surface area contributed by atoms with Crippen LogP contribution in [0.15, 0.2) is 11.1 Å². The van der Waals surface area contributed by atoms with Gasteiger partial charge in [0.1, 0.15) is 0 Å². The molecule has 5 N–H and O–H groups in total. The van der Waals surface area contributed by atoms with Gasteiger partial charge in [0.05, 0.1) is 30.3 Å². The molecule has 2 saturated carbocycles. The normalized spacial score (nSPS) is 45.5. The van der Waals surface area contributed by atoms with Crippen LogP contribution in [0.3, 0.4) is 0 Å². The van der Waals surface area contributed by atoms with Gasteiger partial charge in [0.2, 0.25) is 0 Å². The van der Waals surface area contributed by atoms with E-state index in [9.17, 15) is 35.1 Å². The van der Waals surface area contributed by atoms with Gasteiger partial charge in [-0.15, -0.1) is 0 Å². The molecule has 4 aliphatic carbocycles. The van der Waals surface area contributed by atoms with E-state index in [1.807, 2.05) is 27.7 Å². The Morgan fingerprint density at radius 2 is 1.62 bits per heavy atom. The number of allylic oxidation sites excluding steroid dienone is 1. The number of fused-ring (bicyclic) bond motifs is 4. The van der Waals surface area contributed by atoms with Crippen molar-refractivity contribution in [3.05, 3.63) is 11.1 Å². The quantitative estimate of drug-likeness (QED) is 0.360. The lowest BCUT2D eigenvalue weighted by Gasteiger charge is -2.62. The van der Waals surface area contributed by atoms with Crippen LogP contribution in [0.1, 0.15) is 93.4 Å². The number of rotatable bonds is 6. The molecule has 0 aromatic rings. The Morgan fingerprint density at radius 1 is 1.00 bits per heavy atom. The second-order valence-corrected chi connectivity index (χ2v) is 14.3. The number of hydrogen-bond acceptors (Lipinski definition) is 6. The van der Waals surface area contributed by atoms with Gasteiger partial charge in [-0.3, -0.25) is 9.59 Å². The minimum absolute atomic E-state index is 0.0414. The molecule has 0 aromatic carbocycles. The highest BCUT2D eigenvalue weighted by Crippen LogP contribution is 2.71. The van der Waals surface area contributed by atoms with E-state index in [1.54, 1.807) is 6.92 Å². The Bertz CT molecular complexity index is 986. The van der Waals surface area contributed by atoms with E-state index in [-0.39, 0.29) is 36.4 Å². The van der Waals surface area contributed by atoms with E-state index >= 15 is 0 Å². The molecule has 0 saturated heterocycles. The summed E-state index contributed by atoms with van der Waals surface area (Å²) < 4.78 is 0. The molecule has 210 valence electrons. The van der Waals surface area contributed by atoms with Gasteiger partial charge >= 0.3 is 5.97 Å². The summed E-state index contributed by atoms with van der Waals surface area (Å²) in [4.78, 5) is 25.4. The van der Waals surface area contributed by atoms with Crippen molar-refractivity contribution >= 4 is 11.8 Å². The highest BCUT2D eigenvalue weighted by Gasteiger charge is 2.70. The van der Waals surface area contributed by atoms with Crippen molar-refractivity contribution in [1.82, 2.24) is 0 Å². The van der Waals surface area contributed by atoms with Crippen LogP contribution in [0.25, 0.3) is 0 Å². The van der Waals surface area contributed by atoms with Crippen molar-refractivity contribution in [3.63, 3.8) is 0 Å². The molecular formula is C30H48O7. The summed E-state index contributed by atoms with van der Waals surface area (Å²) in [7, 11) is 0. The topological polar surface area (TPSA) is 135 Å². The molecule has 7 heteroatoms. The van der Waals surface area contributed by atoms with Crippen LogP contribution >= 0.6 is 0 Å². The maximum atomic E-state index is 14.1. The van der Waals surface area contributed by atoms with Crippen molar-refractivity contribution < 1.29 is 35.1 Å². The highest BCUT2D eigenvalue weighted by atomic mass is 16.4. The van der Waals surface area contributed by atoms with E-state index < -0.39 is 58.0 Å². The molecule has 0 aromatic heterocycles. The van der Waals surface area contributed by atoms with Crippen molar-refractivity contribution in [2.75, 3.05) is 0 Å². The van der Waals surface area contributed by atoms with Crippen molar-refractivity contribution in [3.8, 4) is 0 Å². The van der Waals surface area contributed by atoms with Crippen LogP contribution in [-0.4, -0.2) is 61.7 Å². The number of ketones is 1. The number of aliphatic hydroxyl groups is 4. The second kappa shape index (κ2) is 9.14. The first kappa shape index (κ1) is 28.7. The molecule has 0 spiro atoms. The lowest BCUT2D eigenvalue weighted by molar-refractivity contribution is -0.143. The maximum absolute atomic E-state index is 14.1. The zero-order valence-corrected chi connectivity index (χ0v) is 23.6. The van der Waals surface area contributed by atoms with E-state index in [2.05, 4.69) is 13.8 Å². The first-order valence-electron chi connectivity index (χ1n) is 14.2. The van der Waals surface area contributed by atoms with Crippen molar-refractivity contribution in [2.24, 2.45) is 45.3 Å². The van der Waals surface area contributed by atoms with Gasteiger partial charge in [-0.2, -0.15) is 0 Å². The molecule has 0 bridgehead atoms.